The third kappa shape index (κ3) is 4.52. The molecule has 1 aliphatic heterocycles. The number of aryl methyl sites for hydroxylation is 1. The number of anilines is 1. The van der Waals surface area contributed by atoms with Crippen molar-refractivity contribution in [3.8, 4) is 0 Å². The maximum absolute atomic E-state index is 12.4. The Morgan fingerprint density at radius 1 is 1.10 bits per heavy atom. The lowest BCUT2D eigenvalue weighted by Gasteiger charge is -2.31. The minimum Gasteiger partial charge on any atom is -0.366 e. The second-order valence-corrected chi connectivity index (χ2v) is 7.97. The molecule has 0 bridgehead atoms. The van der Waals surface area contributed by atoms with Crippen molar-refractivity contribution < 1.29 is 9.59 Å². The number of para-hydroxylation sites is 2. The molecule has 3 aromatic rings. The Balaban J connectivity index is 1.27. The molecule has 1 fully saturated rings. The molecule has 2 heterocycles. The Bertz CT molecular complexity index is 1050. The van der Waals surface area contributed by atoms with Crippen LogP contribution in [0.1, 0.15) is 29.0 Å². The Morgan fingerprint density at radius 3 is 2.50 bits per heavy atom. The molecule has 4 rings (SSSR count). The predicted molar refractivity (Wildman–Crippen MR) is 117 cm³/mol. The van der Waals surface area contributed by atoms with Gasteiger partial charge in [-0.25, -0.2) is 4.98 Å². The lowest BCUT2D eigenvalue weighted by Crippen LogP contribution is -2.40. The number of hydrogen-bond donors (Lipinski definition) is 2. The zero-order chi connectivity index (χ0) is 21.1. The number of nitrogens with zero attached hydrogens (tertiary/aromatic N) is 3. The number of nitrogens with one attached hydrogen (secondary N) is 1. The van der Waals surface area contributed by atoms with E-state index in [4.69, 9.17) is 5.73 Å². The highest BCUT2D eigenvalue weighted by atomic mass is 16.2. The fourth-order valence-electron chi connectivity index (χ4n) is 4.13. The smallest absolute Gasteiger partial charge is 0.248 e. The summed E-state index contributed by atoms with van der Waals surface area (Å²) >= 11 is 0. The van der Waals surface area contributed by atoms with Crippen LogP contribution in [0, 0.1) is 12.8 Å². The van der Waals surface area contributed by atoms with Crippen LogP contribution >= 0.6 is 0 Å². The molecule has 1 saturated heterocycles. The van der Waals surface area contributed by atoms with Gasteiger partial charge >= 0.3 is 0 Å². The number of primary amides is 1. The second kappa shape index (κ2) is 8.67. The van der Waals surface area contributed by atoms with Gasteiger partial charge < -0.3 is 15.6 Å². The first-order valence-electron chi connectivity index (χ1n) is 10.3. The molecule has 1 aliphatic rings. The number of benzene rings is 2. The fraction of sp³-hybridized carbons (Fsp3) is 0.348. The van der Waals surface area contributed by atoms with E-state index in [9.17, 15) is 9.59 Å². The number of aromatic nitrogens is 2. The maximum Gasteiger partial charge on any atom is 0.248 e. The minimum atomic E-state index is -0.477. The molecule has 0 unspecified atom stereocenters. The molecular formula is C23H27N5O2. The summed E-state index contributed by atoms with van der Waals surface area (Å²) < 4.78 is 2.32. The number of hydrogen-bond acceptors (Lipinski definition) is 4. The van der Waals surface area contributed by atoms with E-state index in [1.165, 1.54) is 5.52 Å². The molecule has 156 valence electrons. The zero-order valence-electron chi connectivity index (χ0n) is 17.2. The van der Waals surface area contributed by atoms with Crippen LogP contribution in [0.3, 0.4) is 0 Å². The van der Waals surface area contributed by atoms with Crippen LogP contribution in [0.5, 0.6) is 0 Å². The molecule has 0 saturated carbocycles. The monoisotopic (exact) mass is 405 g/mol. The van der Waals surface area contributed by atoms with E-state index in [2.05, 4.69) is 44.9 Å². The van der Waals surface area contributed by atoms with Crippen LogP contribution in [0.2, 0.25) is 0 Å². The number of amides is 2. The lowest BCUT2D eigenvalue weighted by atomic mass is 9.96. The molecule has 1 aromatic heterocycles. The van der Waals surface area contributed by atoms with E-state index in [1.807, 2.05) is 6.07 Å². The highest BCUT2D eigenvalue weighted by Gasteiger charge is 2.22. The number of rotatable bonds is 6. The summed E-state index contributed by atoms with van der Waals surface area (Å²) in [4.78, 5) is 30.4. The molecule has 0 atom stereocenters. The number of carbonyl (C=O) groups is 2. The molecule has 0 radical (unpaired) electrons. The van der Waals surface area contributed by atoms with Crippen molar-refractivity contribution in [2.45, 2.75) is 26.3 Å². The summed E-state index contributed by atoms with van der Waals surface area (Å²) in [5.74, 6) is 1.12. The van der Waals surface area contributed by atoms with Crippen LogP contribution in [0.4, 0.5) is 5.69 Å². The summed E-state index contributed by atoms with van der Waals surface area (Å²) in [5, 5.41) is 2.89. The standard InChI is InChI=1S/C23H27N5O2/c1-16-25-20-4-2-3-5-21(20)28(16)14-17-10-12-27(13-11-17)15-22(29)26-19-8-6-18(7-9-19)23(24)30/h2-9,17H,10-15H2,1H3,(H2,24,30)(H,26,29). The van der Waals surface area contributed by atoms with Gasteiger partial charge in [0.25, 0.3) is 0 Å². The zero-order valence-corrected chi connectivity index (χ0v) is 17.2. The van der Waals surface area contributed by atoms with Crippen LogP contribution in [0.15, 0.2) is 48.5 Å². The van der Waals surface area contributed by atoms with Gasteiger partial charge in [0.1, 0.15) is 5.82 Å². The van der Waals surface area contributed by atoms with Crippen molar-refractivity contribution in [3.63, 3.8) is 0 Å². The number of piperidine rings is 1. The molecular weight excluding hydrogens is 378 g/mol. The number of fused-ring (bicyclic) bond motifs is 1. The van der Waals surface area contributed by atoms with Gasteiger partial charge in [0, 0.05) is 17.8 Å². The van der Waals surface area contributed by atoms with Crippen molar-refractivity contribution in [2.24, 2.45) is 11.7 Å². The van der Waals surface area contributed by atoms with Gasteiger partial charge in [0.05, 0.1) is 17.6 Å². The molecule has 2 aromatic carbocycles. The third-order valence-corrected chi connectivity index (χ3v) is 5.81. The number of imidazole rings is 1. The molecule has 7 nitrogen and oxygen atoms in total. The van der Waals surface area contributed by atoms with Crippen LogP contribution < -0.4 is 11.1 Å². The first-order valence-corrected chi connectivity index (χ1v) is 10.3. The van der Waals surface area contributed by atoms with Gasteiger partial charge in [-0.1, -0.05) is 12.1 Å². The highest BCUT2D eigenvalue weighted by Crippen LogP contribution is 2.23. The quantitative estimate of drug-likeness (QED) is 0.659. The van der Waals surface area contributed by atoms with E-state index < -0.39 is 5.91 Å². The van der Waals surface area contributed by atoms with E-state index in [-0.39, 0.29) is 5.91 Å². The minimum absolute atomic E-state index is 0.0447. The number of carbonyl (C=O) groups excluding carboxylic acids is 2. The Kier molecular flexibility index (Phi) is 5.81. The lowest BCUT2D eigenvalue weighted by molar-refractivity contribution is -0.117. The van der Waals surface area contributed by atoms with Gasteiger partial charge in [-0.3, -0.25) is 14.5 Å². The maximum atomic E-state index is 12.4. The summed E-state index contributed by atoms with van der Waals surface area (Å²) in [6.45, 7) is 5.22. The number of nitrogens with two attached hydrogens (primary N) is 1. The van der Waals surface area contributed by atoms with Crippen LogP contribution in [0.25, 0.3) is 11.0 Å². The summed E-state index contributed by atoms with van der Waals surface area (Å²) in [5.41, 5.74) is 8.58. The fourth-order valence-corrected chi connectivity index (χ4v) is 4.13. The summed E-state index contributed by atoms with van der Waals surface area (Å²) in [6.07, 6.45) is 2.12. The molecule has 7 heteroatoms. The van der Waals surface area contributed by atoms with Gasteiger partial charge in [-0.05, 0) is 75.2 Å². The molecule has 30 heavy (non-hydrogen) atoms. The average Bonchev–Trinajstić information content (AvgIpc) is 3.05. The van der Waals surface area contributed by atoms with Gasteiger partial charge in [-0.15, -0.1) is 0 Å². The van der Waals surface area contributed by atoms with Gasteiger partial charge in [-0.2, -0.15) is 0 Å². The van der Waals surface area contributed by atoms with Crippen molar-refractivity contribution in [3.05, 3.63) is 59.9 Å². The SMILES string of the molecule is Cc1nc2ccccc2n1CC1CCN(CC(=O)Nc2ccc(C(N)=O)cc2)CC1. The Morgan fingerprint density at radius 2 is 1.80 bits per heavy atom. The van der Waals surface area contributed by atoms with Crippen molar-refractivity contribution in [1.82, 2.24) is 14.5 Å². The second-order valence-electron chi connectivity index (χ2n) is 7.97. The average molecular weight is 406 g/mol. The van der Waals surface area contributed by atoms with Gasteiger partial charge in [0.15, 0.2) is 0 Å². The van der Waals surface area contributed by atoms with Crippen LogP contribution in [-0.2, 0) is 11.3 Å². The molecule has 2 amide bonds. The highest BCUT2D eigenvalue weighted by molar-refractivity contribution is 5.95. The molecule has 3 N–H and O–H groups in total. The van der Waals surface area contributed by atoms with Crippen molar-refractivity contribution in [2.75, 3.05) is 25.0 Å². The van der Waals surface area contributed by atoms with Crippen molar-refractivity contribution >= 4 is 28.5 Å². The summed E-state index contributed by atoms with van der Waals surface area (Å²) in [6, 6.07) is 14.9. The normalized spacial score (nSPS) is 15.4. The first kappa shape index (κ1) is 20.1. The van der Waals surface area contributed by atoms with Crippen molar-refractivity contribution in [1.29, 1.82) is 0 Å². The van der Waals surface area contributed by atoms with E-state index in [1.54, 1.807) is 24.3 Å². The molecule has 0 aliphatic carbocycles. The third-order valence-electron chi connectivity index (χ3n) is 5.81. The van der Waals surface area contributed by atoms with E-state index in [0.717, 1.165) is 43.8 Å². The van der Waals surface area contributed by atoms with E-state index in [0.29, 0.717) is 23.7 Å². The first-order chi connectivity index (χ1) is 14.5. The van der Waals surface area contributed by atoms with E-state index >= 15 is 0 Å². The van der Waals surface area contributed by atoms with Gasteiger partial charge in [0.2, 0.25) is 11.8 Å². The topological polar surface area (TPSA) is 93.2 Å². The largest absolute Gasteiger partial charge is 0.366 e. The van der Waals surface area contributed by atoms with Crippen LogP contribution in [-0.4, -0.2) is 45.9 Å². The molecule has 0 spiro atoms. The Hall–Kier alpha value is -3.19. The number of likely N-dealkylation sites (tertiary alicyclic amines) is 1. The predicted octanol–water partition coefficient (Wildman–Crippen LogP) is 2.79. The summed E-state index contributed by atoms with van der Waals surface area (Å²) in [7, 11) is 0. The Labute approximate surface area is 175 Å².